The largest absolute Gasteiger partial charge is 0.351 e. The topological polar surface area (TPSA) is 94.5 Å². The molecule has 0 atom stereocenters. The van der Waals surface area contributed by atoms with Crippen molar-refractivity contribution in [2.75, 3.05) is 52.4 Å². The van der Waals surface area contributed by atoms with Crippen LogP contribution in [0.25, 0.3) is 0 Å². The molecule has 1 rings (SSSR count). The standard InChI is InChI=1S/C9H22N6O/c10-9(16)14-15-7-5-12-3-1-11-2-4-13-6-8-15/h11-13H,1-8H2,(H3,10,14,16). The summed E-state index contributed by atoms with van der Waals surface area (Å²) >= 11 is 0. The van der Waals surface area contributed by atoms with Gasteiger partial charge in [0.15, 0.2) is 0 Å². The number of hydrazine groups is 1. The van der Waals surface area contributed by atoms with Crippen LogP contribution in [0.2, 0.25) is 0 Å². The summed E-state index contributed by atoms with van der Waals surface area (Å²) in [5.74, 6) is 0. The Balaban J connectivity index is 2.27. The van der Waals surface area contributed by atoms with E-state index in [-0.39, 0.29) is 0 Å². The van der Waals surface area contributed by atoms with E-state index in [0.717, 1.165) is 52.4 Å². The molecule has 94 valence electrons. The number of amides is 2. The van der Waals surface area contributed by atoms with E-state index in [1.807, 2.05) is 5.01 Å². The van der Waals surface area contributed by atoms with Crippen LogP contribution in [0.4, 0.5) is 4.79 Å². The van der Waals surface area contributed by atoms with E-state index >= 15 is 0 Å². The Morgan fingerprint density at radius 1 is 0.938 bits per heavy atom. The molecular formula is C9H22N6O. The zero-order valence-electron chi connectivity index (χ0n) is 9.59. The van der Waals surface area contributed by atoms with Crippen LogP contribution in [0, 0.1) is 0 Å². The molecule has 0 spiro atoms. The highest BCUT2D eigenvalue weighted by Crippen LogP contribution is 1.81. The summed E-state index contributed by atoms with van der Waals surface area (Å²) in [6.45, 7) is 6.98. The van der Waals surface area contributed by atoms with Crippen molar-refractivity contribution in [2.45, 2.75) is 0 Å². The van der Waals surface area contributed by atoms with Gasteiger partial charge in [-0.25, -0.2) is 9.80 Å². The Hall–Kier alpha value is -0.890. The maximum absolute atomic E-state index is 10.8. The average molecular weight is 230 g/mol. The summed E-state index contributed by atoms with van der Waals surface area (Å²) in [7, 11) is 0. The van der Waals surface area contributed by atoms with Gasteiger partial charge in [-0.1, -0.05) is 0 Å². The Kier molecular flexibility index (Phi) is 6.82. The highest BCUT2D eigenvalue weighted by molar-refractivity contribution is 5.70. The van der Waals surface area contributed by atoms with E-state index in [2.05, 4.69) is 21.4 Å². The van der Waals surface area contributed by atoms with Crippen LogP contribution >= 0.6 is 0 Å². The van der Waals surface area contributed by atoms with Gasteiger partial charge in [0.05, 0.1) is 0 Å². The number of rotatable bonds is 1. The predicted octanol–water partition coefficient (Wildman–Crippen LogP) is -2.35. The maximum atomic E-state index is 10.8. The normalized spacial score (nSPS) is 21.8. The third-order valence-corrected chi connectivity index (χ3v) is 2.34. The molecule has 0 bridgehead atoms. The summed E-state index contributed by atoms with van der Waals surface area (Å²) in [4.78, 5) is 10.8. The van der Waals surface area contributed by atoms with Crippen molar-refractivity contribution < 1.29 is 4.79 Å². The second kappa shape index (κ2) is 8.28. The van der Waals surface area contributed by atoms with Gasteiger partial charge in [-0.15, -0.1) is 0 Å². The third-order valence-electron chi connectivity index (χ3n) is 2.34. The lowest BCUT2D eigenvalue weighted by atomic mass is 10.4. The number of nitrogens with two attached hydrogens (primary N) is 1. The molecular weight excluding hydrogens is 208 g/mol. The molecule has 0 saturated carbocycles. The van der Waals surface area contributed by atoms with Gasteiger partial charge in [0, 0.05) is 52.4 Å². The van der Waals surface area contributed by atoms with Gasteiger partial charge < -0.3 is 21.7 Å². The van der Waals surface area contributed by atoms with Crippen molar-refractivity contribution in [3.63, 3.8) is 0 Å². The molecule has 0 aromatic rings. The zero-order chi connectivity index (χ0) is 11.6. The molecule has 1 saturated heterocycles. The molecule has 1 fully saturated rings. The fourth-order valence-electron chi connectivity index (χ4n) is 1.54. The van der Waals surface area contributed by atoms with E-state index in [1.54, 1.807) is 0 Å². The average Bonchev–Trinajstić information content (AvgIpc) is 2.21. The lowest BCUT2D eigenvalue weighted by Crippen LogP contribution is -2.50. The number of nitrogens with one attached hydrogen (secondary N) is 4. The number of hydrogen-bond donors (Lipinski definition) is 5. The Morgan fingerprint density at radius 2 is 1.38 bits per heavy atom. The van der Waals surface area contributed by atoms with E-state index in [9.17, 15) is 4.79 Å². The lowest BCUT2D eigenvalue weighted by molar-refractivity contribution is 0.183. The van der Waals surface area contributed by atoms with Crippen LogP contribution in [0.5, 0.6) is 0 Å². The van der Waals surface area contributed by atoms with E-state index in [4.69, 9.17) is 5.73 Å². The van der Waals surface area contributed by atoms with Gasteiger partial charge in [-0.2, -0.15) is 0 Å². The van der Waals surface area contributed by atoms with Gasteiger partial charge in [-0.3, -0.25) is 5.43 Å². The van der Waals surface area contributed by atoms with Crippen LogP contribution in [0.15, 0.2) is 0 Å². The molecule has 1 aliphatic heterocycles. The summed E-state index contributed by atoms with van der Waals surface area (Å²) in [6, 6.07) is -0.506. The van der Waals surface area contributed by atoms with Gasteiger partial charge in [0.2, 0.25) is 0 Å². The van der Waals surface area contributed by atoms with Crippen molar-refractivity contribution in [3.05, 3.63) is 0 Å². The van der Waals surface area contributed by atoms with Crippen molar-refractivity contribution in [2.24, 2.45) is 5.73 Å². The highest BCUT2D eigenvalue weighted by Gasteiger charge is 2.06. The van der Waals surface area contributed by atoms with E-state index < -0.39 is 6.03 Å². The molecule has 1 heterocycles. The molecule has 2 amide bonds. The van der Waals surface area contributed by atoms with Crippen LogP contribution in [-0.4, -0.2) is 63.4 Å². The Bertz CT molecular complexity index is 188. The highest BCUT2D eigenvalue weighted by atomic mass is 16.2. The second-order valence-corrected chi connectivity index (χ2v) is 3.71. The number of carbonyl (C=O) groups excluding carboxylic acids is 1. The second-order valence-electron chi connectivity index (χ2n) is 3.71. The molecule has 0 aromatic carbocycles. The van der Waals surface area contributed by atoms with E-state index in [0.29, 0.717) is 0 Å². The minimum Gasteiger partial charge on any atom is -0.351 e. The summed E-state index contributed by atoms with van der Waals surface area (Å²) < 4.78 is 0. The van der Waals surface area contributed by atoms with Gasteiger partial charge in [0.1, 0.15) is 0 Å². The van der Waals surface area contributed by atoms with Gasteiger partial charge in [0.25, 0.3) is 0 Å². The Morgan fingerprint density at radius 3 is 1.81 bits per heavy atom. The van der Waals surface area contributed by atoms with E-state index in [1.165, 1.54) is 0 Å². The molecule has 16 heavy (non-hydrogen) atoms. The molecule has 6 N–H and O–H groups in total. The molecule has 0 unspecified atom stereocenters. The van der Waals surface area contributed by atoms with Crippen LogP contribution in [-0.2, 0) is 0 Å². The fourth-order valence-corrected chi connectivity index (χ4v) is 1.54. The van der Waals surface area contributed by atoms with Crippen LogP contribution in [0.3, 0.4) is 0 Å². The number of hydrogen-bond acceptors (Lipinski definition) is 5. The first-order chi connectivity index (χ1) is 7.79. The number of nitrogens with zero attached hydrogens (tertiary/aromatic N) is 1. The monoisotopic (exact) mass is 230 g/mol. The molecule has 0 aromatic heterocycles. The molecule has 1 aliphatic rings. The van der Waals surface area contributed by atoms with Crippen LogP contribution in [0.1, 0.15) is 0 Å². The Labute approximate surface area is 96.1 Å². The zero-order valence-corrected chi connectivity index (χ0v) is 9.59. The first kappa shape index (κ1) is 13.2. The van der Waals surface area contributed by atoms with Crippen molar-refractivity contribution in [3.8, 4) is 0 Å². The first-order valence-corrected chi connectivity index (χ1v) is 5.72. The maximum Gasteiger partial charge on any atom is 0.326 e. The smallest absolute Gasteiger partial charge is 0.326 e. The van der Waals surface area contributed by atoms with Gasteiger partial charge in [-0.05, 0) is 0 Å². The fraction of sp³-hybridized carbons (Fsp3) is 0.889. The first-order valence-electron chi connectivity index (χ1n) is 5.72. The summed E-state index contributed by atoms with van der Waals surface area (Å²) in [6.07, 6.45) is 0. The molecule has 7 heteroatoms. The number of carbonyl (C=O) groups is 1. The van der Waals surface area contributed by atoms with Crippen molar-refractivity contribution in [1.29, 1.82) is 0 Å². The SMILES string of the molecule is NC(=O)NN1CCNCCNCCNCC1. The molecule has 0 aliphatic carbocycles. The number of primary amides is 1. The molecule has 0 radical (unpaired) electrons. The van der Waals surface area contributed by atoms with Crippen molar-refractivity contribution in [1.82, 2.24) is 26.4 Å². The third kappa shape index (κ3) is 6.57. The minimum atomic E-state index is -0.506. The number of urea groups is 1. The molecule has 7 nitrogen and oxygen atoms in total. The van der Waals surface area contributed by atoms with Gasteiger partial charge >= 0.3 is 6.03 Å². The predicted molar refractivity (Wildman–Crippen MR) is 62.9 cm³/mol. The quantitative estimate of drug-likeness (QED) is 0.348. The summed E-state index contributed by atoms with van der Waals surface area (Å²) in [5, 5.41) is 11.7. The van der Waals surface area contributed by atoms with Crippen LogP contribution < -0.4 is 27.1 Å². The lowest BCUT2D eigenvalue weighted by Gasteiger charge is -2.23. The van der Waals surface area contributed by atoms with Crippen molar-refractivity contribution >= 4 is 6.03 Å². The summed E-state index contributed by atoms with van der Waals surface area (Å²) in [5.41, 5.74) is 7.71. The minimum absolute atomic E-state index is 0.506.